The average Bonchev–Trinajstić information content (AvgIpc) is 2.67. The topological polar surface area (TPSA) is 92.8 Å². The first-order valence-corrected chi connectivity index (χ1v) is 8.95. The number of aromatic nitrogens is 1. The summed E-state index contributed by atoms with van der Waals surface area (Å²) in [4.78, 5) is 27.1. The molecule has 0 spiro atoms. The number of rotatable bonds is 3. The molecule has 0 fully saturated rings. The van der Waals surface area contributed by atoms with Crippen LogP contribution in [0.3, 0.4) is 0 Å². The molecule has 7 nitrogen and oxygen atoms in total. The van der Waals surface area contributed by atoms with Crippen LogP contribution < -0.4 is 20.5 Å². The number of H-pyrrole nitrogens is 1. The van der Waals surface area contributed by atoms with Gasteiger partial charge in [-0.25, -0.2) is 5.43 Å². The minimum Gasteiger partial charge on any atom is -0.486 e. The predicted octanol–water partition coefficient (Wildman–Crippen LogP) is 2.83. The number of fused-ring (bicyclic) bond motifs is 2. The Morgan fingerprint density at radius 3 is 2.56 bits per heavy atom. The predicted molar refractivity (Wildman–Crippen MR) is 105 cm³/mol. The van der Waals surface area contributed by atoms with E-state index in [0.29, 0.717) is 41.4 Å². The van der Waals surface area contributed by atoms with Crippen molar-refractivity contribution in [2.24, 2.45) is 5.10 Å². The minimum absolute atomic E-state index is 0.315. The zero-order valence-corrected chi connectivity index (χ0v) is 15.6. The molecule has 0 unspecified atom stereocenters. The number of carbonyl (C=O) groups excluding carboxylic acids is 1. The molecule has 0 saturated carbocycles. The van der Waals surface area contributed by atoms with Crippen LogP contribution in [0.25, 0.3) is 10.9 Å². The van der Waals surface area contributed by atoms with E-state index >= 15 is 0 Å². The van der Waals surface area contributed by atoms with Crippen LogP contribution in [0.4, 0.5) is 0 Å². The fraction of sp³-hybridized carbons (Fsp3) is 0.105. The van der Waals surface area contributed by atoms with E-state index in [1.807, 2.05) is 0 Å². The number of nitrogens with zero attached hydrogens (tertiary/aromatic N) is 1. The zero-order chi connectivity index (χ0) is 18.8. The second-order valence-corrected chi connectivity index (χ2v) is 6.76. The molecule has 2 aromatic carbocycles. The van der Waals surface area contributed by atoms with Crippen molar-refractivity contribution >= 4 is 39.0 Å². The van der Waals surface area contributed by atoms with Crippen molar-refractivity contribution in [2.45, 2.75) is 0 Å². The zero-order valence-electron chi connectivity index (χ0n) is 14.0. The van der Waals surface area contributed by atoms with Gasteiger partial charge in [0.25, 0.3) is 11.5 Å². The summed E-state index contributed by atoms with van der Waals surface area (Å²) in [5.74, 6) is 0.871. The maximum absolute atomic E-state index is 12.2. The molecule has 1 amide bonds. The quantitative estimate of drug-likeness (QED) is 0.496. The SMILES string of the molecule is O=C(NN=Cc1cc2cc3c(cc2[nH]c1=O)OCCO3)c1ccc(Br)cc1. The molecule has 2 heterocycles. The highest BCUT2D eigenvalue weighted by atomic mass is 79.9. The molecule has 4 rings (SSSR count). The number of aromatic amines is 1. The highest BCUT2D eigenvalue weighted by molar-refractivity contribution is 9.10. The van der Waals surface area contributed by atoms with Gasteiger partial charge in [-0.1, -0.05) is 15.9 Å². The second kappa shape index (κ2) is 7.24. The van der Waals surface area contributed by atoms with Crippen LogP contribution in [0.2, 0.25) is 0 Å². The normalized spacial score (nSPS) is 13.1. The summed E-state index contributed by atoms with van der Waals surface area (Å²) >= 11 is 3.31. The van der Waals surface area contributed by atoms with Gasteiger partial charge in [0.05, 0.1) is 17.3 Å². The van der Waals surface area contributed by atoms with Crippen LogP contribution in [0.1, 0.15) is 15.9 Å². The van der Waals surface area contributed by atoms with Crippen molar-refractivity contribution in [3.05, 3.63) is 68.4 Å². The first-order chi connectivity index (χ1) is 13.1. The number of carbonyl (C=O) groups is 1. The Morgan fingerprint density at radius 2 is 1.81 bits per heavy atom. The number of halogens is 1. The van der Waals surface area contributed by atoms with Gasteiger partial charge in [-0.05, 0) is 36.4 Å². The van der Waals surface area contributed by atoms with Crippen molar-refractivity contribution in [1.29, 1.82) is 0 Å². The molecule has 0 aliphatic carbocycles. The lowest BCUT2D eigenvalue weighted by Crippen LogP contribution is -2.19. The molecule has 1 aromatic heterocycles. The summed E-state index contributed by atoms with van der Waals surface area (Å²) in [7, 11) is 0. The van der Waals surface area contributed by atoms with Gasteiger partial charge in [-0.15, -0.1) is 0 Å². The number of benzene rings is 2. The maximum atomic E-state index is 12.2. The Balaban J connectivity index is 1.56. The lowest BCUT2D eigenvalue weighted by molar-refractivity contribution is 0.0955. The van der Waals surface area contributed by atoms with E-state index in [2.05, 4.69) is 31.4 Å². The van der Waals surface area contributed by atoms with Gasteiger partial charge in [0.15, 0.2) is 11.5 Å². The smallest absolute Gasteiger partial charge is 0.271 e. The van der Waals surface area contributed by atoms with Gasteiger partial charge in [0.1, 0.15) is 13.2 Å². The molecule has 2 N–H and O–H groups in total. The van der Waals surface area contributed by atoms with Crippen LogP contribution in [0.5, 0.6) is 11.5 Å². The van der Waals surface area contributed by atoms with E-state index < -0.39 is 0 Å². The third kappa shape index (κ3) is 3.70. The number of hydrogen-bond donors (Lipinski definition) is 2. The largest absolute Gasteiger partial charge is 0.486 e. The number of amides is 1. The Morgan fingerprint density at radius 1 is 1.11 bits per heavy atom. The van der Waals surface area contributed by atoms with Gasteiger partial charge < -0.3 is 14.5 Å². The van der Waals surface area contributed by atoms with Crippen LogP contribution in [-0.2, 0) is 0 Å². The highest BCUT2D eigenvalue weighted by Crippen LogP contribution is 2.33. The van der Waals surface area contributed by atoms with Crippen molar-refractivity contribution in [2.75, 3.05) is 13.2 Å². The van der Waals surface area contributed by atoms with E-state index in [4.69, 9.17) is 9.47 Å². The summed E-state index contributed by atoms with van der Waals surface area (Å²) in [6.45, 7) is 0.962. The lowest BCUT2D eigenvalue weighted by Gasteiger charge is -2.18. The van der Waals surface area contributed by atoms with Gasteiger partial charge in [-0.3, -0.25) is 9.59 Å². The highest BCUT2D eigenvalue weighted by Gasteiger charge is 2.13. The van der Waals surface area contributed by atoms with Crippen molar-refractivity contribution in [3.8, 4) is 11.5 Å². The molecule has 0 bridgehead atoms. The Labute approximate surface area is 162 Å². The lowest BCUT2D eigenvalue weighted by atomic mass is 10.1. The van der Waals surface area contributed by atoms with E-state index in [-0.39, 0.29) is 11.5 Å². The first-order valence-electron chi connectivity index (χ1n) is 8.16. The Bertz CT molecular complexity index is 1110. The second-order valence-electron chi connectivity index (χ2n) is 5.84. The molecular weight excluding hydrogens is 414 g/mol. The van der Waals surface area contributed by atoms with Crippen LogP contribution in [-0.4, -0.2) is 30.3 Å². The molecule has 8 heteroatoms. The fourth-order valence-corrected chi connectivity index (χ4v) is 2.95. The molecule has 1 aliphatic heterocycles. The van der Waals surface area contributed by atoms with E-state index in [1.54, 1.807) is 42.5 Å². The Kier molecular flexibility index (Phi) is 4.64. The third-order valence-electron chi connectivity index (χ3n) is 4.01. The van der Waals surface area contributed by atoms with Gasteiger partial charge in [0.2, 0.25) is 0 Å². The van der Waals surface area contributed by atoms with Crippen molar-refractivity contribution in [3.63, 3.8) is 0 Å². The first kappa shape index (κ1) is 17.3. The summed E-state index contributed by atoms with van der Waals surface area (Å²) in [6, 6.07) is 12.1. The standard InChI is InChI=1S/C19H14BrN3O4/c20-14-3-1-11(2-4-14)19(25)23-21-10-13-7-12-8-16-17(27-6-5-26-16)9-15(12)22-18(13)24/h1-4,7-10H,5-6H2,(H,22,24)(H,23,25). The van der Waals surface area contributed by atoms with Gasteiger partial charge in [-0.2, -0.15) is 5.10 Å². The molecule has 0 saturated heterocycles. The van der Waals surface area contributed by atoms with E-state index in [1.165, 1.54) is 6.21 Å². The minimum atomic E-state index is -0.365. The number of nitrogens with one attached hydrogen (secondary N) is 2. The summed E-state index contributed by atoms with van der Waals surface area (Å²) in [6.07, 6.45) is 1.31. The maximum Gasteiger partial charge on any atom is 0.271 e. The molecular formula is C19H14BrN3O4. The number of hydrazone groups is 1. The van der Waals surface area contributed by atoms with Crippen molar-refractivity contribution in [1.82, 2.24) is 10.4 Å². The number of pyridine rings is 1. The third-order valence-corrected chi connectivity index (χ3v) is 4.54. The Hall–Kier alpha value is -3.13. The fourth-order valence-electron chi connectivity index (χ4n) is 2.68. The van der Waals surface area contributed by atoms with E-state index in [9.17, 15) is 9.59 Å². The molecule has 27 heavy (non-hydrogen) atoms. The monoisotopic (exact) mass is 427 g/mol. The molecule has 0 radical (unpaired) electrons. The molecule has 3 aromatic rings. The van der Waals surface area contributed by atoms with Gasteiger partial charge >= 0.3 is 0 Å². The summed E-state index contributed by atoms with van der Waals surface area (Å²) < 4.78 is 12.0. The van der Waals surface area contributed by atoms with Crippen LogP contribution in [0.15, 0.2) is 56.8 Å². The molecule has 0 atom stereocenters. The van der Waals surface area contributed by atoms with Crippen molar-refractivity contribution < 1.29 is 14.3 Å². The van der Waals surface area contributed by atoms with Gasteiger partial charge in [0, 0.05) is 21.5 Å². The molecule has 1 aliphatic rings. The van der Waals surface area contributed by atoms with Crippen LogP contribution >= 0.6 is 15.9 Å². The number of hydrogen-bond acceptors (Lipinski definition) is 5. The average molecular weight is 428 g/mol. The summed E-state index contributed by atoms with van der Waals surface area (Å²) in [5.41, 5.74) is 3.51. The number of ether oxygens (including phenoxy) is 2. The van der Waals surface area contributed by atoms with Crippen LogP contribution in [0, 0.1) is 0 Å². The summed E-state index contributed by atoms with van der Waals surface area (Å²) in [5, 5.41) is 4.66. The molecule has 136 valence electrons. The van der Waals surface area contributed by atoms with E-state index in [0.717, 1.165) is 9.86 Å².